The van der Waals surface area contributed by atoms with Crippen LogP contribution in [0, 0.1) is 11.7 Å². The summed E-state index contributed by atoms with van der Waals surface area (Å²) >= 11 is 1.40. The predicted molar refractivity (Wildman–Crippen MR) is 87.9 cm³/mol. The fourth-order valence-electron chi connectivity index (χ4n) is 2.87. The summed E-state index contributed by atoms with van der Waals surface area (Å²) in [5.74, 6) is 0.587. The highest BCUT2D eigenvalue weighted by Crippen LogP contribution is 2.23. The van der Waals surface area contributed by atoms with Gasteiger partial charge in [-0.2, -0.15) is 0 Å². The summed E-state index contributed by atoms with van der Waals surface area (Å²) < 4.78 is 12.9. The van der Waals surface area contributed by atoms with Gasteiger partial charge in [0.05, 0.1) is 18.9 Å². The van der Waals surface area contributed by atoms with Gasteiger partial charge in [-0.25, -0.2) is 14.4 Å². The number of nitrogens with zero attached hydrogens (tertiary/aromatic N) is 5. The largest absolute Gasteiger partial charge is 0.301 e. The molecule has 0 radical (unpaired) electrons. The normalized spacial score (nSPS) is 18.5. The van der Waals surface area contributed by atoms with Gasteiger partial charge in [-0.05, 0) is 25.3 Å². The van der Waals surface area contributed by atoms with Crippen molar-refractivity contribution in [2.75, 3.05) is 18.4 Å². The molecule has 1 aliphatic heterocycles. The van der Waals surface area contributed by atoms with Crippen LogP contribution in [0.3, 0.4) is 0 Å². The molecule has 0 aromatic carbocycles. The van der Waals surface area contributed by atoms with Gasteiger partial charge in [0.2, 0.25) is 11.0 Å². The lowest BCUT2D eigenvalue weighted by Crippen LogP contribution is -2.35. The Bertz CT molecular complexity index is 692. The van der Waals surface area contributed by atoms with Crippen LogP contribution in [0.15, 0.2) is 12.4 Å². The van der Waals surface area contributed by atoms with Gasteiger partial charge in [0.25, 0.3) is 0 Å². The van der Waals surface area contributed by atoms with Crippen molar-refractivity contribution >= 4 is 22.4 Å². The fraction of sp³-hybridized carbons (Fsp3) is 0.533. The predicted octanol–water partition coefficient (Wildman–Crippen LogP) is 1.88. The average molecular weight is 350 g/mol. The van der Waals surface area contributed by atoms with Crippen molar-refractivity contribution in [1.29, 1.82) is 0 Å². The minimum Gasteiger partial charge on any atom is -0.301 e. The molecule has 3 rings (SSSR count). The summed E-state index contributed by atoms with van der Waals surface area (Å²) in [6.45, 7) is 4.11. The van der Waals surface area contributed by atoms with Crippen LogP contribution >= 0.6 is 11.3 Å². The first-order valence-corrected chi connectivity index (χ1v) is 8.69. The molecule has 1 unspecified atom stereocenters. The second-order valence-electron chi connectivity index (χ2n) is 5.95. The number of halogens is 1. The highest BCUT2D eigenvalue weighted by Gasteiger charge is 2.22. The standard InChI is InChI=1S/C15H19FN6OS/c1-10(23)19-15-21-20-14(24-15)9-22-4-2-3-11(8-22)5-13-17-6-12(16)7-18-13/h6-7,11H,2-5,8-9H2,1H3,(H,19,21,23). The van der Waals surface area contributed by atoms with E-state index in [1.807, 2.05) is 0 Å². The molecule has 0 aliphatic carbocycles. The lowest BCUT2D eigenvalue weighted by molar-refractivity contribution is -0.114. The Kier molecular flexibility index (Phi) is 5.41. The number of hydrogen-bond acceptors (Lipinski definition) is 7. The third-order valence-corrected chi connectivity index (χ3v) is 4.68. The maximum Gasteiger partial charge on any atom is 0.223 e. The molecule has 2 aromatic rings. The zero-order chi connectivity index (χ0) is 16.9. The Labute approximate surface area is 143 Å². The molecule has 0 spiro atoms. The topological polar surface area (TPSA) is 83.9 Å². The van der Waals surface area contributed by atoms with Crippen molar-refractivity contribution in [3.05, 3.63) is 29.0 Å². The van der Waals surface area contributed by atoms with E-state index in [4.69, 9.17) is 0 Å². The van der Waals surface area contributed by atoms with Gasteiger partial charge in [0, 0.05) is 19.9 Å². The molecule has 1 N–H and O–H groups in total. The van der Waals surface area contributed by atoms with Gasteiger partial charge in [-0.3, -0.25) is 9.69 Å². The third kappa shape index (κ3) is 4.75. The fourth-order valence-corrected chi connectivity index (χ4v) is 3.70. The van der Waals surface area contributed by atoms with Gasteiger partial charge < -0.3 is 5.32 Å². The minimum absolute atomic E-state index is 0.143. The second kappa shape index (κ2) is 7.71. The Balaban J connectivity index is 1.54. The molecule has 0 saturated carbocycles. The first kappa shape index (κ1) is 16.8. The molecule has 7 nitrogen and oxygen atoms in total. The Morgan fingerprint density at radius 2 is 2.21 bits per heavy atom. The van der Waals surface area contributed by atoms with E-state index in [0.717, 1.165) is 43.9 Å². The van der Waals surface area contributed by atoms with E-state index < -0.39 is 5.82 Å². The van der Waals surface area contributed by atoms with Gasteiger partial charge in [-0.1, -0.05) is 11.3 Å². The number of carbonyl (C=O) groups is 1. The SMILES string of the molecule is CC(=O)Nc1nnc(CN2CCCC(Cc3ncc(F)cn3)C2)s1. The number of likely N-dealkylation sites (tertiary alicyclic amines) is 1. The van der Waals surface area contributed by atoms with Crippen molar-refractivity contribution in [2.45, 2.75) is 32.7 Å². The maximum atomic E-state index is 12.9. The van der Waals surface area contributed by atoms with Crippen LogP contribution < -0.4 is 5.32 Å². The van der Waals surface area contributed by atoms with Crippen molar-refractivity contribution in [2.24, 2.45) is 5.92 Å². The molecule has 128 valence electrons. The van der Waals surface area contributed by atoms with Crippen molar-refractivity contribution < 1.29 is 9.18 Å². The molecule has 24 heavy (non-hydrogen) atoms. The zero-order valence-electron chi connectivity index (χ0n) is 13.4. The van der Waals surface area contributed by atoms with E-state index in [-0.39, 0.29) is 5.91 Å². The number of anilines is 1. The summed E-state index contributed by atoms with van der Waals surface area (Å²) in [5, 5.41) is 12.2. The summed E-state index contributed by atoms with van der Waals surface area (Å²) in [6.07, 6.45) is 5.40. The Hall–Kier alpha value is -2.00. The molecule has 1 amide bonds. The third-order valence-electron chi connectivity index (χ3n) is 3.86. The lowest BCUT2D eigenvalue weighted by Gasteiger charge is -2.31. The molecule has 2 aromatic heterocycles. The molecule has 0 bridgehead atoms. The summed E-state index contributed by atoms with van der Waals surface area (Å²) in [6, 6.07) is 0. The number of hydrogen-bond donors (Lipinski definition) is 1. The van der Waals surface area contributed by atoms with Crippen molar-refractivity contribution in [3.63, 3.8) is 0 Å². The minimum atomic E-state index is -0.407. The molecule has 1 fully saturated rings. The van der Waals surface area contributed by atoms with E-state index in [1.165, 1.54) is 30.7 Å². The quantitative estimate of drug-likeness (QED) is 0.886. The molecule has 1 saturated heterocycles. The number of amides is 1. The molecule has 1 atom stereocenters. The summed E-state index contributed by atoms with van der Waals surface area (Å²) in [4.78, 5) is 21.5. The first-order chi connectivity index (χ1) is 11.6. The second-order valence-corrected chi connectivity index (χ2v) is 7.01. The van der Waals surface area contributed by atoms with E-state index in [9.17, 15) is 9.18 Å². The van der Waals surface area contributed by atoms with Gasteiger partial charge >= 0.3 is 0 Å². The number of carbonyl (C=O) groups excluding carboxylic acids is 1. The van der Waals surface area contributed by atoms with Crippen LogP contribution in [-0.2, 0) is 17.8 Å². The van der Waals surface area contributed by atoms with Crippen LogP contribution in [0.25, 0.3) is 0 Å². The van der Waals surface area contributed by atoms with Crippen LogP contribution in [0.1, 0.15) is 30.6 Å². The highest BCUT2D eigenvalue weighted by molar-refractivity contribution is 7.15. The molecule has 1 aliphatic rings. The monoisotopic (exact) mass is 350 g/mol. The van der Waals surface area contributed by atoms with E-state index >= 15 is 0 Å². The van der Waals surface area contributed by atoms with Gasteiger partial charge in [0.1, 0.15) is 10.8 Å². The van der Waals surface area contributed by atoms with Crippen LogP contribution in [0.5, 0.6) is 0 Å². The van der Waals surface area contributed by atoms with E-state index in [2.05, 4.69) is 30.4 Å². The number of piperidine rings is 1. The van der Waals surface area contributed by atoms with E-state index in [1.54, 1.807) is 0 Å². The van der Waals surface area contributed by atoms with E-state index in [0.29, 0.717) is 16.9 Å². The zero-order valence-corrected chi connectivity index (χ0v) is 14.2. The average Bonchev–Trinajstić information content (AvgIpc) is 2.96. The Morgan fingerprint density at radius 1 is 1.42 bits per heavy atom. The van der Waals surface area contributed by atoms with Crippen LogP contribution in [-0.4, -0.2) is 44.1 Å². The van der Waals surface area contributed by atoms with Crippen LogP contribution in [0.4, 0.5) is 9.52 Å². The number of aromatic nitrogens is 4. The van der Waals surface area contributed by atoms with Crippen molar-refractivity contribution in [3.8, 4) is 0 Å². The Morgan fingerprint density at radius 3 is 2.96 bits per heavy atom. The van der Waals surface area contributed by atoms with Gasteiger partial charge in [0.15, 0.2) is 5.82 Å². The summed E-state index contributed by atoms with van der Waals surface area (Å²) in [7, 11) is 0. The molecule has 3 heterocycles. The smallest absolute Gasteiger partial charge is 0.223 e. The molecule has 9 heteroatoms. The summed E-state index contributed by atoms with van der Waals surface area (Å²) in [5.41, 5.74) is 0. The maximum absolute atomic E-state index is 12.9. The van der Waals surface area contributed by atoms with Gasteiger partial charge in [-0.15, -0.1) is 10.2 Å². The molecular weight excluding hydrogens is 331 g/mol. The lowest BCUT2D eigenvalue weighted by atomic mass is 9.94. The van der Waals surface area contributed by atoms with Crippen LogP contribution in [0.2, 0.25) is 0 Å². The number of rotatable bonds is 5. The highest BCUT2D eigenvalue weighted by atomic mass is 32.1. The molecular formula is C15H19FN6OS. The number of nitrogens with one attached hydrogen (secondary N) is 1. The first-order valence-electron chi connectivity index (χ1n) is 7.87. The van der Waals surface area contributed by atoms with Crippen molar-refractivity contribution in [1.82, 2.24) is 25.1 Å².